The van der Waals surface area contributed by atoms with Crippen LogP contribution in [0.4, 0.5) is 0 Å². The third-order valence-electron chi connectivity index (χ3n) is 4.61. The SMILES string of the molecule is O=C([C@@H]1CCCO1)N1CCc2ncnc(Oc3cccnc3)c2CC1. The van der Waals surface area contributed by atoms with Crippen molar-refractivity contribution in [3.8, 4) is 11.6 Å². The molecular weight excluding hydrogens is 320 g/mol. The summed E-state index contributed by atoms with van der Waals surface area (Å²) in [6.45, 7) is 1.95. The molecule has 4 rings (SSSR count). The number of hydrogen-bond acceptors (Lipinski definition) is 6. The van der Waals surface area contributed by atoms with E-state index in [1.807, 2.05) is 17.0 Å². The predicted molar refractivity (Wildman–Crippen MR) is 89.3 cm³/mol. The van der Waals surface area contributed by atoms with Gasteiger partial charge < -0.3 is 14.4 Å². The van der Waals surface area contributed by atoms with Gasteiger partial charge in [-0.25, -0.2) is 9.97 Å². The second-order valence-electron chi connectivity index (χ2n) is 6.22. The molecular formula is C18H20N4O3. The minimum Gasteiger partial charge on any atom is -0.437 e. The van der Waals surface area contributed by atoms with Crippen molar-refractivity contribution in [3.63, 3.8) is 0 Å². The highest BCUT2D eigenvalue weighted by Crippen LogP contribution is 2.27. The first kappa shape index (κ1) is 16.0. The minimum absolute atomic E-state index is 0.0907. The first-order valence-corrected chi connectivity index (χ1v) is 8.62. The van der Waals surface area contributed by atoms with Crippen molar-refractivity contribution in [3.05, 3.63) is 42.1 Å². The molecule has 0 aliphatic carbocycles. The van der Waals surface area contributed by atoms with Crippen LogP contribution in [0, 0.1) is 0 Å². The molecule has 2 aliphatic rings. The molecule has 0 N–H and O–H groups in total. The molecule has 0 radical (unpaired) electrons. The van der Waals surface area contributed by atoms with Crippen LogP contribution < -0.4 is 4.74 Å². The Morgan fingerprint density at radius 3 is 3.00 bits per heavy atom. The lowest BCUT2D eigenvalue weighted by Crippen LogP contribution is -2.40. The number of fused-ring (bicyclic) bond motifs is 1. The van der Waals surface area contributed by atoms with Crippen molar-refractivity contribution in [1.82, 2.24) is 19.9 Å². The molecule has 1 saturated heterocycles. The standard InChI is InChI=1S/C18H20N4O3/c23-18(16-4-2-10-24-16)22-8-5-14-15(6-9-22)20-12-21-17(14)25-13-3-1-7-19-11-13/h1,3,7,11-12,16H,2,4-6,8-10H2/t16-/m0/s1. The molecule has 0 aromatic carbocycles. The lowest BCUT2D eigenvalue weighted by molar-refractivity contribution is -0.140. The maximum Gasteiger partial charge on any atom is 0.251 e. The van der Waals surface area contributed by atoms with Gasteiger partial charge in [-0.15, -0.1) is 0 Å². The number of aromatic nitrogens is 3. The smallest absolute Gasteiger partial charge is 0.251 e. The van der Waals surface area contributed by atoms with Gasteiger partial charge in [0, 0.05) is 37.9 Å². The average molecular weight is 340 g/mol. The Morgan fingerprint density at radius 2 is 2.20 bits per heavy atom. The van der Waals surface area contributed by atoms with E-state index in [-0.39, 0.29) is 12.0 Å². The molecule has 1 amide bonds. The Bertz CT molecular complexity index is 747. The third kappa shape index (κ3) is 3.46. The van der Waals surface area contributed by atoms with E-state index >= 15 is 0 Å². The highest BCUT2D eigenvalue weighted by atomic mass is 16.5. The predicted octanol–water partition coefficient (Wildman–Crippen LogP) is 1.77. The van der Waals surface area contributed by atoms with Gasteiger partial charge in [-0.3, -0.25) is 9.78 Å². The molecule has 7 nitrogen and oxygen atoms in total. The van der Waals surface area contributed by atoms with E-state index in [1.54, 1.807) is 12.4 Å². The molecule has 0 spiro atoms. The molecule has 2 aliphatic heterocycles. The van der Waals surface area contributed by atoms with Crippen molar-refractivity contribution in [2.75, 3.05) is 19.7 Å². The monoisotopic (exact) mass is 340 g/mol. The van der Waals surface area contributed by atoms with Crippen LogP contribution in [0.15, 0.2) is 30.9 Å². The van der Waals surface area contributed by atoms with E-state index in [1.165, 1.54) is 6.33 Å². The minimum atomic E-state index is -0.279. The van der Waals surface area contributed by atoms with Gasteiger partial charge in [0.1, 0.15) is 18.2 Å². The second kappa shape index (κ2) is 7.14. The zero-order chi connectivity index (χ0) is 17.1. The third-order valence-corrected chi connectivity index (χ3v) is 4.61. The van der Waals surface area contributed by atoms with E-state index in [0.29, 0.717) is 44.2 Å². The number of nitrogens with zero attached hydrogens (tertiary/aromatic N) is 4. The molecule has 25 heavy (non-hydrogen) atoms. The largest absolute Gasteiger partial charge is 0.437 e. The van der Waals surface area contributed by atoms with Gasteiger partial charge in [-0.1, -0.05) is 0 Å². The van der Waals surface area contributed by atoms with Crippen LogP contribution in [0.2, 0.25) is 0 Å². The van der Waals surface area contributed by atoms with Crippen LogP contribution in [-0.2, 0) is 22.4 Å². The summed E-state index contributed by atoms with van der Waals surface area (Å²) in [6.07, 6.45) is 7.72. The number of ether oxygens (including phenoxy) is 2. The van der Waals surface area contributed by atoms with Crippen LogP contribution in [0.25, 0.3) is 0 Å². The molecule has 2 aromatic rings. The van der Waals surface area contributed by atoms with Gasteiger partial charge in [0.2, 0.25) is 5.88 Å². The Kier molecular flexibility index (Phi) is 4.56. The van der Waals surface area contributed by atoms with Crippen LogP contribution in [0.5, 0.6) is 11.6 Å². The number of amides is 1. The number of rotatable bonds is 3. The summed E-state index contributed by atoms with van der Waals surface area (Å²) in [5.74, 6) is 1.28. The molecule has 2 aromatic heterocycles. The molecule has 0 saturated carbocycles. The summed E-state index contributed by atoms with van der Waals surface area (Å²) in [7, 11) is 0. The second-order valence-corrected chi connectivity index (χ2v) is 6.22. The molecule has 0 bridgehead atoms. The fraction of sp³-hybridized carbons (Fsp3) is 0.444. The fourth-order valence-corrected chi connectivity index (χ4v) is 3.30. The quantitative estimate of drug-likeness (QED) is 0.847. The van der Waals surface area contributed by atoms with Crippen LogP contribution in [0.1, 0.15) is 24.1 Å². The van der Waals surface area contributed by atoms with Crippen LogP contribution in [0.3, 0.4) is 0 Å². The van der Waals surface area contributed by atoms with Crippen LogP contribution >= 0.6 is 0 Å². The van der Waals surface area contributed by atoms with Crippen molar-refractivity contribution in [2.24, 2.45) is 0 Å². The van der Waals surface area contributed by atoms with E-state index < -0.39 is 0 Å². The molecule has 130 valence electrons. The first-order valence-electron chi connectivity index (χ1n) is 8.62. The molecule has 1 fully saturated rings. The summed E-state index contributed by atoms with van der Waals surface area (Å²) in [5, 5.41) is 0. The zero-order valence-electron chi connectivity index (χ0n) is 13.9. The van der Waals surface area contributed by atoms with E-state index in [4.69, 9.17) is 9.47 Å². The summed E-state index contributed by atoms with van der Waals surface area (Å²) in [4.78, 5) is 27.2. The highest BCUT2D eigenvalue weighted by molar-refractivity contribution is 5.81. The van der Waals surface area contributed by atoms with Gasteiger partial charge in [0.25, 0.3) is 5.91 Å². The normalized spacial score (nSPS) is 20.0. The average Bonchev–Trinajstić information content (AvgIpc) is 3.09. The van der Waals surface area contributed by atoms with Crippen molar-refractivity contribution < 1.29 is 14.3 Å². The number of carbonyl (C=O) groups excluding carboxylic acids is 1. The van der Waals surface area contributed by atoms with Gasteiger partial charge >= 0.3 is 0 Å². The Morgan fingerprint density at radius 1 is 1.28 bits per heavy atom. The van der Waals surface area contributed by atoms with Gasteiger partial charge in [-0.2, -0.15) is 0 Å². The summed E-state index contributed by atoms with van der Waals surface area (Å²) in [5.41, 5.74) is 1.91. The Balaban J connectivity index is 1.51. The van der Waals surface area contributed by atoms with Gasteiger partial charge in [0.05, 0.1) is 11.9 Å². The summed E-state index contributed by atoms with van der Waals surface area (Å²) < 4.78 is 11.4. The summed E-state index contributed by atoms with van der Waals surface area (Å²) >= 11 is 0. The molecule has 7 heteroatoms. The Hall–Kier alpha value is -2.54. The number of pyridine rings is 1. The molecule has 1 atom stereocenters. The van der Waals surface area contributed by atoms with E-state index in [2.05, 4.69) is 15.0 Å². The fourth-order valence-electron chi connectivity index (χ4n) is 3.30. The maximum atomic E-state index is 12.6. The van der Waals surface area contributed by atoms with Gasteiger partial charge in [-0.05, 0) is 31.4 Å². The van der Waals surface area contributed by atoms with Crippen molar-refractivity contribution in [2.45, 2.75) is 31.8 Å². The topological polar surface area (TPSA) is 77.4 Å². The lowest BCUT2D eigenvalue weighted by atomic mass is 10.1. The van der Waals surface area contributed by atoms with Crippen LogP contribution in [-0.4, -0.2) is 51.6 Å². The van der Waals surface area contributed by atoms with E-state index in [9.17, 15) is 4.79 Å². The lowest BCUT2D eigenvalue weighted by Gasteiger charge is -2.23. The molecule has 4 heterocycles. The first-order chi connectivity index (χ1) is 12.3. The van der Waals surface area contributed by atoms with Crippen molar-refractivity contribution in [1.29, 1.82) is 0 Å². The maximum absolute atomic E-state index is 12.6. The van der Waals surface area contributed by atoms with Crippen molar-refractivity contribution >= 4 is 5.91 Å². The van der Waals surface area contributed by atoms with Gasteiger partial charge in [0.15, 0.2) is 0 Å². The zero-order valence-corrected chi connectivity index (χ0v) is 13.9. The number of hydrogen-bond donors (Lipinski definition) is 0. The highest BCUT2D eigenvalue weighted by Gasteiger charge is 2.30. The Labute approximate surface area is 146 Å². The summed E-state index contributed by atoms with van der Waals surface area (Å²) in [6, 6.07) is 3.66. The molecule has 0 unspecified atom stereocenters. The van der Waals surface area contributed by atoms with E-state index in [0.717, 1.165) is 24.1 Å². The number of carbonyl (C=O) groups is 1.